The van der Waals surface area contributed by atoms with Gasteiger partial charge in [-0.2, -0.15) is 0 Å². The van der Waals surface area contributed by atoms with E-state index in [9.17, 15) is 5.11 Å². The summed E-state index contributed by atoms with van der Waals surface area (Å²) in [6, 6.07) is 0. The van der Waals surface area contributed by atoms with E-state index in [1.807, 2.05) is 6.92 Å². The zero-order valence-corrected chi connectivity index (χ0v) is 8.09. The van der Waals surface area contributed by atoms with Crippen molar-refractivity contribution in [1.82, 2.24) is 0 Å². The molecule has 0 radical (unpaired) electrons. The van der Waals surface area contributed by atoms with E-state index in [0.29, 0.717) is 0 Å². The first-order chi connectivity index (χ1) is 5.47. The molecule has 0 aromatic carbocycles. The Morgan fingerprint density at radius 1 is 1.50 bits per heavy atom. The zero-order chi connectivity index (χ0) is 9.35. The number of hydrogen-bond acceptors (Lipinski definition) is 2. The zero-order valence-electron chi connectivity index (χ0n) is 8.09. The third-order valence-corrected chi connectivity index (χ3v) is 2.78. The van der Waals surface area contributed by atoms with Crippen molar-refractivity contribution in [2.45, 2.75) is 39.7 Å². The minimum atomic E-state index is -0.227. The predicted octanol–water partition coefficient (Wildman–Crippen LogP) is 1.48. The Balaban J connectivity index is 2.96. The summed E-state index contributed by atoms with van der Waals surface area (Å²) in [5.41, 5.74) is 2.23. The first-order valence-electron chi connectivity index (χ1n) is 4.45. The molecule has 1 atom stereocenters. The van der Waals surface area contributed by atoms with E-state index in [-0.39, 0.29) is 18.1 Å². The number of aliphatic hydroxyl groups excluding tert-OH is 2. The minimum absolute atomic E-state index is 0.0312. The van der Waals surface area contributed by atoms with Crippen molar-refractivity contribution in [1.29, 1.82) is 0 Å². The maximum atomic E-state index is 9.51. The van der Waals surface area contributed by atoms with Gasteiger partial charge >= 0.3 is 0 Å². The molecule has 70 valence electrons. The monoisotopic (exact) mass is 170 g/mol. The molecule has 0 saturated carbocycles. The van der Waals surface area contributed by atoms with E-state index in [1.165, 1.54) is 0 Å². The molecule has 12 heavy (non-hydrogen) atoms. The highest BCUT2D eigenvalue weighted by molar-refractivity contribution is 5.23. The molecule has 2 N–H and O–H groups in total. The third-order valence-electron chi connectivity index (χ3n) is 2.78. The van der Waals surface area contributed by atoms with E-state index >= 15 is 0 Å². The summed E-state index contributed by atoms with van der Waals surface area (Å²) < 4.78 is 0. The summed E-state index contributed by atoms with van der Waals surface area (Å²) in [5.74, 6) is 0. The highest BCUT2D eigenvalue weighted by atomic mass is 16.3. The lowest BCUT2D eigenvalue weighted by Gasteiger charge is -2.36. The van der Waals surface area contributed by atoms with Gasteiger partial charge in [0.25, 0.3) is 0 Å². The Morgan fingerprint density at radius 2 is 2.08 bits per heavy atom. The molecular weight excluding hydrogens is 152 g/mol. The van der Waals surface area contributed by atoms with Crippen LogP contribution < -0.4 is 0 Å². The van der Waals surface area contributed by atoms with Crippen LogP contribution in [-0.2, 0) is 0 Å². The van der Waals surface area contributed by atoms with Gasteiger partial charge in [-0.15, -0.1) is 0 Å². The smallest absolute Gasteiger partial charge is 0.0649 e. The average molecular weight is 170 g/mol. The second-order valence-corrected chi connectivity index (χ2v) is 4.36. The Hall–Kier alpha value is -0.340. The second-order valence-electron chi connectivity index (χ2n) is 4.36. The summed E-state index contributed by atoms with van der Waals surface area (Å²) in [4.78, 5) is 0. The van der Waals surface area contributed by atoms with E-state index < -0.39 is 0 Å². The van der Waals surface area contributed by atoms with Crippen molar-refractivity contribution < 1.29 is 10.2 Å². The van der Waals surface area contributed by atoms with Gasteiger partial charge in [0.2, 0.25) is 0 Å². The fraction of sp³-hybridized carbons (Fsp3) is 0.800. The first kappa shape index (κ1) is 9.75. The van der Waals surface area contributed by atoms with Gasteiger partial charge in [-0.1, -0.05) is 19.4 Å². The maximum absolute atomic E-state index is 9.51. The Bertz CT molecular complexity index is 204. The summed E-state index contributed by atoms with van der Waals surface area (Å²) in [5, 5.41) is 18.7. The molecule has 2 heteroatoms. The quantitative estimate of drug-likeness (QED) is 0.585. The van der Waals surface area contributed by atoms with Gasteiger partial charge in [-0.3, -0.25) is 0 Å². The van der Waals surface area contributed by atoms with E-state index in [1.54, 1.807) is 0 Å². The van der Waals surface area contributed by atoms with Gasteiger partial charge in [0, 0.05) is 0 Å². The molecule has 0 aromatic heterocycles. The number of hydrogen-bond donors (Lipinski definition) is 2. The molecule has 1 unspecified atom stereocenters. The molecule has 0 spiro atoms. The van der Waals surface area contributed by atoms with Crippen molar-refractivity contribution in [3.63, 3.8) is 0 Å². The minimum Gasteiger partial charge on any atom is -0.393 e. The SMILES string of the molecule is CC1=C(CO)C(C)(C)CC(O)C1. The molecule has 1 aliphatic rings. The van der Waals surface area contributed by atoms with Gasteiger partial charge in [-0.25, -0.2) is 0 Å². The van der Waals surface area contributed by atoms with E-state index in [2.05, 4.69) is 13.8 Å². The van der Waals surface area contributed by atoms with Crippen molar-refractivity contribution >= 4 is 0 Å². The Morgan fingerprint density at radius 3 is 2.50 bits per heavy atom. The fourth-order valence-electron chi connectivity index (χ4n) is 2.19. The van der Waals surface area contributed by atoms with Crippen LogP contribution >= 0.6 is 0 Å². The summed E-state index contributed by atoms with van der Waals surface area (Å²) in [7, 11) is 0. The normalized spacial score (nSPS) is 29.2. The standard InChI is InChI=1S/C10H18O2/c1-7-4-8(12)5-10(2,3)9(7)6-11/h8,11-12H,4-6H2,1-3H3. The molecule has 0 aliphatic heterocycles. The maximum Gasteiger partial charge on any atom is 0.0649 e. The molecule has 0 saturated heterocycles. The molecule has 2 nitrogen and oxygen atoms in total. The van der Waals surface area contributed by atoms with Crippen molar-refractivity contribution in [2.75, 3.05) is 6.61 Å². The predicted molar refractivity (Wildman–Crippen MR) is 48.8 cm³/mol. The lowest BCUT2D eigenvalue weighted by atomic mass is 9.72. The molecule has 0 bridgehead atoms. The Labute approximate surface area is 73.9 Å². The van der Waals surface area contributed by atoms with Crippen LogP contribution in [0.2, 0.25) is 0 Å². The number of aliphatic hydroxyl groups is 2. The van der Waals surface area contributed by atoms with Crippen LogP contribution in [0.15, 0.2) is 11.1 Å². The first-order valence-corrected chi connectivity index (χ1v) is 4.45. The van der Waals surface area contributed by atoms with Crippen LogP contribution in [0.1, 0.15) is 33.6 Å². The fourth-order valence-corrected chi connectivity index (χ4v) is 2.19. The molecule has 1 rings (SSSR count). The van der Waals surface area contributed by atoms with Crippen LogP contribution in [-0.4, -0.2) is 22.9 Å². The lowest BCUT2D eigenvalue weighted by molar-refractivity contribution is 0.107. The van der Waals surface area contributed by atoms with Crippen LogP contribution in [0.3, 0.4) is 0 Å². The number of rotatable bonds is 1. The molecule has 1 aliphatic carbocycles. The summed E-state index contributed by atoms with van der Waals surface area (Å²) in [6.45, 7) is 6.27. The van der Waals surface area contributed by atoms with E-state index in [0.717, 1.165) is 24.0 Å². The molecular formula is C10H18O2. The van der Waals surface area contributed by atoms with Gasteiger partial charge in [0.15, 0.2) is 0 Å². The van der Waals surface area contributed by atoms with Gasteiger partial charge < -0.3 is 10.2 Å². The van der Waals surface area contributed by atoms with Gasteiger partial charge in [0.1, 0.15) is 0 Å². The topological polar surface area (TPSA) is 40.5 Å². The molecule has 0 heterocycles. The van der Waals surface area contributed by atoms with Crippen molar-refractivity contribution in [3.8, 4) is 0 Å². The highest BCUT2D eigenvalue weighted by Crippen LogP contribution is 2.39. The Kier molecular flexibility index (Phi) is 2.59. The van der Waals surface area contributed by atoms with Gasteiger partial charge in [-0.05, 0) is 30.8 Å². The largest absolute Gasteiger partial charge is 0.393 e. The molecule has 0 aromatic rings. The third kappa shape index (κ3) is 1.70. The molecule has 0 amide bonds. The lowest BCUT2D eigenvalue weighted by Crippen LogP contribution is -2.30. The van der Waals surface area contributed by atoms with Crippen LogP contribution in [0, 0.1) is 5.41 Å². The summed E-state index contributed by atoms with van der Waals surface area (Å²) >= 11 is 0. The van der Waals surface area contributed by atoms with E-state index in [4.69, 9.17) is 5.11 Å². The second kappa shape index (κ2) is 3.19. The van der Waals surface area contributed by atoms with Crippen LogP contribution in [0.5, 0.6) is 0 Å². The summed E-state index contributed by atoms with van der Waals surface area (Å²) in [6.07, 6.45) is 1.26. The van der Waals surface area contributed by atoms with Crippen LogP contribution in [0.25, 0.3) is 0 Å². The van der Waals surface area contributed by atoms with Crippen molar-refractivity contribution in [3.05, 3.63) is 11.1 Å². The molecule has 0 fully saturated rings. The van der Waals surface area contributed by atoms with Gasteiger partial charge in [0.05, 0.1) is 12.7 Å². The van der Waals surface area contributed by atoms with Crippen molar-refractivity contribution in [2.24, 2.45) is 5.41 Å². The van der Waals surface area contributed by atoms with Crippen LogP contribution in [0.4, 0.5) is 0 Å². The average Bonchev–Trinajstić information content (AvgIpc) is 1.82. The highest BCUT2D eigenvalue weighted by Gasteiger charge is 2.31.